The molecule has 16 heavy (non-hydrogen) atoms. The zero-order valence-corrected chi connectivity index (χ0v) is 11.0. The summed E-state index contributed by atoms with van der Waals surface area (Å²) in [5.74, 6) is -0.266. The minimum Gasteiger partial charge on any atom is -0.370 e. The smallest absolute Gasteiger partial charge is 0.218 e. The first-order valence-electron chi connectivity index (χ1n) is 5.40. The van der Waals surface area contributed by atoms with Crippen LogP contribution in [0, 0.1) is 0 Å². The molecule has 0 spiro atoms. The molecule has 0 fully saturated rings. The van der Waals surface area contributed by atoms with E-state index in [4.69, 9.17) is 5.73 Å². The van der Waals surface area contributed by atoms with Gasteiger partial charge in [0.25, 0.3) is 0 Å². The molecular formula is C12H17BrN2O. The number of rotatable bonds is 6. The van der Waals surface area contributed by atoms with E-state index in [1.54, 1.807) is 0 Å². The minimum absolute atomic E-state index is 0.266. The maximum Gasteiger partial charge on any atom is 0.218 e. The van der Waals surface area contributed by atoms with Crippen LogP contribution < -0.4 is 11.1 Å². The van der Waals surface area contributed by atoms with Crippen molar-refractivity contribution >= 4 is 21.8 Å². The highest BCUT2D eigenvalue weighted by Crippen LogP contribution is 2.19. The van der Waals surface area contributed by atoms with Gasteiger partial charge in [0.2, 0.25) is 5.91 Å². The van der Waals surface area contributed by atoms with Crippen molar-refractivity contribution in [3.8, 4) is 0 Å². The summed E-state index contributed by atoms with van der Waals surface area (Å²) in [6.07, 6.45) is 1.37. The van der Waals surface area contributed by atoms with Gasteiger partial charge in [-0.15, -0.1) is 0 Å². The van der Waals surface area contributed by atoms with Crippen molar-refractivity contribution in [2.24, 2.45) is 5.73 Å². The van der Waals surface area contributed by atoms with Crippen LogP contribution in [0.25, 0.3) is 0 Å². The fraction of sp³-hybridized carbons (Fsp3) is 0.417. The van der Waals surface area contributed by atoms with Gasteiger partial charge in [-0.2, -0.15) is 0 Å². The van der Waals surface area contributed by atoms with E-state index < -0.39 is 0 Å². The van der Waals surface area contributed by atoms with Crippen LogP contribution in [0.2, 0.25) is 0 Å². The van der Waals surface area contributed by atoms with Crippen molar-refractivity contribution in [3.05, 3.63) is 34.3 Å². The van der Waals surface area contributed by atoms with Gasteiger partial charge in [0.1, 0.15) is 0 Å². The lowest BCUT2D eigenvalue weighted by Crippen LogP contribution is -2.25. The second kappa shape index (κ2) is 6.66. The van der Waals surface area contributed by atoms with Crippen LogP contribution in [-0.2, 0) is 4.79 Å². The molecule has 3 nitrogen and oxygen atoms in total. The molecule has 1 atom stereocenters. The number of carbonyl (C=O) groups excluding carboxylic acids is 1. The van der Waals surface area contributed by atoms with E-state index in [9.17, 15) is 4.79 Å². The number of primary amides is 1. The Balaban J connectivity index is 2.53. The summed E-state index contributed by atoms with van der Waals surface area (Å²) < 4.78 is 1.07. The third-order valence-electron chi connectivity index (χ3n) is 2.44. The van der Waals surface area contributed by atoms with Gasteiger partial charge in [0, 0.05) is 23.5 Å². The van der Waals surface area contributed by atoms with E-state index in [2.05, 4.69) is 40.3 Å². The predicted octanol–water partition coefficient (Wildman–Crippen LogP) is 2.37. The molecule has 0 heterocycles. The molecule has 0 aromatic heterocycles. The summed E-state index contributed by atoms with van der Waals surface area (Å²) in [5, 5.41) is 3.32. The van der Waals surface area contributed by atoms with Crippen LogP contribution in [0.4, 0.5) is 0 Å². The molecule has 0 saturated heterocycles. The molecule has 88 valence electrons. The first kappa shape index (κ1) is 13.2. The number of carbonyl (C=O) groups is 1. The highest BCUT2D eigenvalue weighted by atomic mass is 79.9. The first-order valence-corrected chi connectivity index (χ1v) is 6.20. The molecule has 3 N–H and O–H groups in total. The normalized spacial score (nSPS) is 12.4. The van der Waals surface area contributed by atoms with Crippen LogP contribution in [0.1, 0.15) is 31.4 Å². The Morgan fingerprint density at radius 1 is 1.44 bits per heavy atom. The van der Waals surface area contributed by atoms with Gasteiger partial charge >= 0.3 is 0 Å². The van der Waals surface area contributed by atoms with Gasteiger partial charge < -0.3 is 11.1 Å². The predicted molar refractivity (Wildman–Crippen MR) is 69.0 cm³/mol. The molecule has 1 aromatic rings. The van der Waals surface area contributed by atoms with Gasteiger partial charge in [-0.3, -0.25) is 4.79 Å². The Bertz CT molecular complexity index is 337. The fourth-order valence-corrected chi connectivity index (χ4v) is 1.83. The number of nitrogens with two attached hydrogens (primary N) is 1. The Morgan fingerprint density at radius 2 is 2.06 bits per heavy atom. The largest absolute Gasteiger partial charge is 0.370 e. The van der Waals surface area contributed by atoms with Crippen molar-refractivity contribution < 1.29 is 4.79 Å². The number of halogens is 1. The van der Waals surface area contributed by atoms with Crippen molar-refractivity contribution in [2.45, 2.75) is 25.8 Å². The number of hydrogen-bond acceptors (Lipinski definition) is 2. The minimum atomic E-state index is -0.266. The van der Waals surface area contributed by atoms with Gasteiger partial charge in [-0.05, 0) is 24.1 Å². The van der Waals surface area contributed by atoms with Gasteiger partial charge in [0.15, 0.2) is 0 Å². The third-order valence-corrected chi connectivity index (χ3v) is 2.97. The van der Waals surface area contributed by atoms with Crippen molar-refractivity contribution in [3.63, 3.8) is 0 Å². The first-order chi connectivity index (χ1) is 7.63. The summed E-state index contributed by atoms with van der Waals surface area (Å²) in [4.78, 5) is 10.6. The number of amides is 1. The van der Waals surface area contributed by atoms with E-state index in [0.717, 1.165) is 10.9 Å². The topological polar surface area (TPSA) is 55.1 Å². The Labute approximate surface area is 105 Å². The maximum absolute atomic E-state index is 10.6. The van der Waals surface area contributed by atoms with Crippen LogP contribution in [0.5, 0.6) is 0 Å². The SMILES string of the molecule is CCC(NCCC(N)=O)c1ccc(Br)cc1. The second-order valence-electron chi connectivity index (χ2n) is 3.68. The van der Waals surface area contributed by atoms with Gasteiger partial charge in [-0.25, -0.2) is 0 Å². The van der Waals surface area contributed by atoms with E-state index >= 15 is 0 Å². The van der Waals surface area contributed by atoms with E-state index in [-0.39, 0.29) is 11.9 Å². The van der Waals surface area contributed by atoms with Crippen molar-refractivity contribution in [1.29, 1.82) is 0 Å². The van der Waals surface area contributed by atoms with Gasteiger partial charge in [-0.1, -0.05) is 35.0 Å². The Morgan fingerprint density at radius 3 is 2.56 bits per heavy atom. The fourth-order valence-electron chi connectivity index (χ4n) is 1.56. The number of nitrogens with one attached hydrogen (secondary N) is 1. The summed E-state index contributed by atoms with van der Waals surface area (Å²) >= 11 is 3.41. The quantitative estimate of drug-likeness (QED) is 0.843. The van der Waals surface area contributed by atoms with Gasteiger partial charge in [0.05, 0.1) is 0 Å². The summed E-state index contributed by atoms with van der Waals surface area (Å²) in [7, 11) is 0. The lowest BCUT2D eigenvalue weighted by molar-refractivity contribution is -0.117. The lowest BCUT2D eigenvalue weighted by Gasteiger charge is -2.17. The molecule has 1 aromatic carbocycles. The average Bonchev–Trinajstić information content (AvgIpc) is 2.26. The summed E-state index contributed by atoms with van der Waals surface area (Å²) in [6, 6.07) is 8.49. The molecule has 0 aliphatic rings. The lowest BCUT2D eigenvalue weighted by atomic mass is 10.0. The molecule has 0 bridgehead atoms. The van der Waals surface area contributed by atoms with Crippen LogP contribution in [0.3, 0.4) is 0 Å². The van der Waals surface area contributed by atoms with E-state index in [1.165, 1.54) is 5.56 Å². The molecular weight excluding hydrogens is 268 g/mol. The van der Waals surface area contributed by atoms with Crippen molar-refractivity contribution in [1.82, 2.24) is 5.32 Å². The van der Waals surface area contributed by atoms with Crippen LogP contribution >= 0.6 is 15.9 Å². The van der Waals surface area contributed by atoms with Crippen LogP contribution in [0.15, 0.2) is 28.7 Å². The highest BCUT2D eigenvalue weighted by molar-refractivity contribution is 9.10. The zero-order valence-electron chi connectivity index (χ0n) is 9.37. The maximum atomic E-state index is 10.6. The zero-order chi connectivity index (χ0) is 12.0. The molecule has 1 amide bonds. The molecule has 0 aliphatic heterocycles. The molecule has 0 saturated carbocycles. The summed E-state index contributed by atoms with van der Waals surface area (Å²) in [6.45, 7) is 2.74. The molecule has 0 radical (unpaired) electrons. The summed E-state index contributed by atoms with van der Waals surface area (Å²) in [5.41, 5.74) is 6.33. The highest BCUT2D eigenvalue weighted by Gasteiger charge is 2.08. The molecule has 0 aliphatic carbocycles. The second-order valence-corrected chi connectivity index (χ2v) is 4.60. The standard InChI is InChI=1S/C12H17BrN2O/c1-2-11(15-8-7-12(14)16)9-3-5-10(13)6-4-9/h3-6,11,15H,2,7-8H2,1H3,(H2,14,16). The number of hydrogen-bond donors (Lipinski definition) is 2. The van der Waals surface area contributed by atoms with E-state index in [1.807, 2.05) is 12.1 Å². The third kappa shape index (κ3) is 4.33. The van der Waals surface area contributed by atoms with E-state index in [0.29, 0.717) is 13.0 Å². The average molecular weight is 285 g/mol. The Hall–Kier alpha value is -0.870. The van der Waals surface area contributed by atoms with Crippen LogP contribution in [-0.4, -0.2) is 12.5 Å². The molecule has 1 unspecified atom stereocenters. The number of benzene rings is 1. The monoisotopic (exact) mass is 284 g/mol. The molecule has 1 rings (SSSR count). The Kier molecular flexibility index (Phi) is 5.49. The molecule has 4 heteroatoms. The van der Waals surface area contributed by atoms with Crippen molar-refractivity contribution in [2.75, 3.05) is 6.54 Å².